The smallest absolute Gasteiger partial charge is 0.243 e. The molecule has 0 radical (unpaired) electrons. The highest BCUT2D eigenvalue weighted by molar-refractivity contribution is 5.87. The number of furan rings is 1. The van der Waals surface area contributed by atoms with Crippen molar-refractivity contribution < 1.29 is 14.0 Å². The third-order valence-corrected chi connectivity index (χ3v) is 4.35. The zero-order chi connectivity index (χ0) is 18.8. The number of carbonyl (C=O) groups is 2. The van der Waals surface area contributed by atoms with Gasteiger partial charge >= 0.3 is 0 Å². The molecule has 0 saturated heterocycles. The quantitative estimate of drug-likeness (QED) is 0.702. The Labute approximate surface area is 155 Å². The van der Waals surface area contributed by atoms with Crippen molar-refractivity contribution in [1.82, 2.24) is 10.2 Å². The normalized spacial score (nSPS) is 11.8. The lowest BCUT2D eigenvalue weighted by Crippen LogP contribution is -2.48. The highest BCUT2D eigenvalue weighted by Gasteiger charge is 2.28. The molecule has 2 aromatic rings. The molecule has 0 bridgehead atoms. The molecule has 1 aromatic carbocycles. The summed E-state index contributed by atoms with van der Waals surface area (Å²) in [5, 5.41) is 2.96. The zero-order valence-corrected chi connectivity index (χ0v) is 15.6. The molecular weight excluding hydrogens is 328 g/mol. The Morgan fingerprint density at radius 1 is 1.12 bits per heavy atom. The minimum Gasteiger partial charge on any atom is -0.467 e. The number of hydrogen-bond acceptors (Lipinski definition) is 3. The van der Waals surface area contributed by atoms with Gasteiger partial charge in [-0.05, 0) is 30.5 Å². The van der Waals surface area contributed by atoms with Crippen LogP contribution in [0.2, 0.25) is 0 Å². The number of unbranched alkanes of at least 4 members (excludes halogenated alkanes) is 1. The van der Waals surface area contributed by atoms with Gasteiger partial charge in [0.25, 0.3) is 0 Å². The summed E-state index contributed by atoms with van der Waals surface area (Å²) in [5.74, 6) is 0.543. The van der Waals surface area contributed by atoms with Crippen molar-refractivity contribution in [1.29, 1.82) is 0 Å². The maximum absolute atomic E-state index is 12.8. The Morgan fingerprint density at radius 2 is 1.88 bits per heavy atom. The first kappa shape index (κ1) is 19.8. The van der Waals surface area contributed by atoms with Gasteiger partial charge in [-0.25, -0.2) is 0 Å². The molecule has 1 N–H and O–H groups in total. The lowest BCUT2D eigenvalue weighted by Gasteiger charge is -2.30. The minimum absolute atomic E-state index is 0.00930. The summed E-state index contributed by atoms with van der Waals surface area (Å²) < 4.78 is 5.40. The van der Waals surface area contributed by atoms with Gasteiger partial charge in [-0.3, -0.25) is 9.59 Å². The monoisotopic (exact) mass is 356 g/mol. The molecule has 2 rings (SSSR count). The maximum Gasteiger partial charge on any atom is 0.243 e. The molecule has 0 fully saturated rings. The molecule has 0 aliphatic heterocycles. The summed E-state index contributed by atoms with van der Waals surface area (Å²) in [5.41, 5.74) is 1.03. The van der Waals surface area contributed by atoms with Crippen LogP contribution in [-0.4, -0.2) is 22.8 Å². The molecule has 2 amide bonds. The number of rotatable bonds is 10. The topological polar surface area (TPSA) is 62.6 Å². The van der Waals surface area contributed by atoms with Gasteiger partial charge in [-0.1, -0.05) is 50.6 Å². The van der Waals surface area contributed by atoms with Crippen LogP contribution in [0, 0.1) is 0 Å². The van der Waals surface area contributed by atoms with Gasteiger partial charge in [0.15, 0.2) is 0 Å². The van der Waals surface area contributed by atoms with E-state index < -0.39 is 6.04 Å². The van der Waals surface area contributed by atoms with E-state index in [1.165, 1.54) is 0 Å². The van der Waals surface area contributed by atoms with Gasteiger partial charge in [-0.15, -0.1) is 0 Å². The third kappa shape index (κ3) is 5.76. The standard InChI is InChI=1S/C21H28N2O3/c1-3-5-13-20(24)23(16-18-12-9-14-26-18)19(4-2)21(25)22-15-17-10-7-6-8-11-17/h6-12,14,19H,3-5,13,15-16H2,1-2H3,(H,22,25). The average Bonchev–Trinajstić information content (AvgIpc) is 3.18. The first-order valence-electron chi connectivity index (χ1n) is 9.29. The van der Waals surface area contributed by atoms with Gasteiger partial charge in [0.2, 0.25) is 11.8 Å². The molecule has 0 saturated carbocycles. The summed E-state index contributed by atoms with van der Waals surface area (Å²) in [7, 11) is 0. The van der Waals surface area contributed by atoms with Crippen molar-refractivity contribution in [3.8, 4) is 0 Å². The third-order valence-electron chi connectivity index (χ3n) is 4.35. The van der Waals surface area contributed by atoms with Crippen LogP contribution in [-0.2, 0) is 22.7 Å². The summed E-state index contributed by atoms with van der Waals surface area (Å²) in [6.45, 7) is 4.74. The molecule has 1 aromatic heterocycles. The van der Waals surface area contributed by atoms with Crippen LogP contribution in [0.15, 0.2) is 53.1 Å². The van der Waals surface area contributed by atoms with Crippen molar-refractivity contribution in [2.24, 2.45) is 0 Å². The molecule has 0 aliphatic rings. The molecule has 5 heteroatoms. The number of nitrogens with one attached hydrogen (secondary N) is 1. The summed E-state index contributed by atoms with van der Waals surface area (Å²) in [6.07, 6.45) is 4.34. The highest BCUT2D eigenvalue weighted by atomic mass is 16.3. The minimum atomic E-state index is -0.506. The molecule has 0 spiro atoms. The molecule has 1 atom stereocenters. The maximum atomic E-state index is 12.8. The summed E-state index contributed by atoms with van der Waals surface area (Å²) in [6, 6.07) is 12.9. The largest absolute Gasteiger partial charge is 0.467 e. The van der Waals surface area contributed by atoms with Crippen LogP contribution in [0.25, 0.3) is 0 Å². The zero-order valence-electron chi connectivity index (χ0n) is 15.6. The van der Waals surface area contributed by atoms with E-state index in [0.29, 0.717) is 31.7 Å². The van der Waals surface area contributed by atoms with Gasteiger partial charge in [0, 0.05) is 13.0 Å². The first-order valence-corrected chi connectivity index (χ1v) is 9.29. The average molecular weight is 356 g/mol. The fourth-order valence-corrected chi connectivity index (χ4v) is 2.86. The van der Waals surface area contributed by atoms with E-state index in [1.54, 1.807) is 17.2 Å². The Balaban J connectivity index is 2.07. The number of amides is 2. The number of hydrogen-bond donors (Lipinski definition) is 1. The lowest BCUT2D eigenvalue weighted by atomic mass is 10.1. The second kappa shape index (κ2) is 10.4. The predicted octanol–water partition coefficient (Wildman–Crippen LogP) is 3.89. The van der Waals surface area contributed by atoms with Crippen molar-refractivity contribution >= 4 is 11.8 Å². The Kier molecular flexibility index (Phi) is 7.93. The van der Waals surface area contributed by atoms with E-state index in [2.05, 4.69) is 5.32 Å². The van der Waals surface area contributed by atoms with E-state index >= 15 is 0 Å². The van der Waals surface area contributed by atoms with E-state index in [0.717, 1.165) is 18.4 Å². The van der Waals surface area contributed by atoms with Crippen molar-refractivity contribution in [3.05, 3.63) is 60.1 Å². The number of nitrogens with zero attached hydrogens (tertiary/aromatic N) is 1. The molecule has 26 heavy (non-hydrogen) atoms. The SMILES string of the molecule is CCCCC(=O)N(Cc1ccco1)C(CC)C(=O)NCc1ccccc1. The molecular formula is C21H28N2O3. The van der Waals surface area contributed by atoms with Gasteiger partial charge in [-0.2, -0.15) is 0 Å². The molecule has 140 valence electrons. The number of carbonyl (C=O) groups excluding carboxylic acids is 2. The lowest BCUT2D eigenvalue weighted by molar-refractivity contribution is -0.141. The Bertz CT molecular complexity index is 668. The van der Waals surface area contributed by atoms with Crippen LogP contribution in [0.5, 0.6) is 0 Å². The van der Waals surface area contributed by atoms with Crippen LogP contribution < -0.4 is 5.32 Å². The first-order chi connectivity index (χ1) is 12.7. The fraction of sp³-hybridized carbons (Fsp3) is 0.429. The van der Waals surface area contributed by atoms with Crippen molar-refractivity contribution in [2.45, 2.75) is 58.7 Å². The van der Waals surface area contributed by atoms with Crippen molar-refractivity contribution in [3.63, 3.8) is 0 Å². The summed E-state index contributed by atoms with van der Waals surface area (Å²) >= 11 is 0. The van der Waals surface area contributed by atoms with Gasteiger partial charge in [0.05, 0.1) is 12.8 Å². The molecule has 0 aliphatic carbocycles. The van der Waals surface area contributed by atoms with E-state index in [-0.39, 0.29) is 11.8 Å². The predicted molar refractivity (Wildman–Crippen MR) is 101 cm³/mol. The van der Waals surface area contributed by atoms with Crippen LogP contribution in [0.1, 0.15) is 50.9 Å². The second-order valence-electron chi connectivity index (χ2n) is 6.33. The van der Waals surface area contributed by atoms with E-state index in [9.17, 15) is 9.59 Å². The van der Waals surface area contributed by atoms with Gasteiger partial charge < -0.3 is 14.6 Å². The van der Waals surface area contributed by atoms with Crippen LogP contribution in [0.4, 0.5) is 0 Å². The van der Waals surface area contributed by atoms with E-state index in [1.807, 2.05) is 50.2 Å². The Morgan fingerprint density at radius 3 is 2.50 bits per heavy atom. The fourth-order valence-electron chi connectivity index (χ4n) is 2.86. The van der Waals surface area contributed by atoms with Crippen molar-refractivity contribution in [2.75, 3.05) is 0 Å². The van der Waals surface area contributed by atoms with Crippen LogP contribution in [0.3, 0.4) is 0 Å². The highest BCUT2D eigenvalue weighted by Crippen LogP contribution is 2.15. The molecule has 1 unspecified atom stereocenters. The van der Waals surface area contributed by atoms with Gasteiger partial charge in [0.1, 0.15) is 11.8 Å². The molecule has 5 nitrogen and oxygen atoms in total. The summed E-state index contributed by atoms with van der Waals surface area (Å²) in [4.78, 5) is 27.1. The molecule has 1 heterocycles. The number of benzene rings is 1. The Hall–Kier alpha value is -2.56. The van der Waals surface area contributed by atoms with E-state index in [4.69, 9.17) is 4.42 Å². The second-order valence-corrected chi connectivity index (χ2v) is 6.33. The van der Waals surface area contributed by atoms with Crippen LogP contribution >= 0.6 is 0 Å².